The van der Waals surface area contributed by atoms with Gasteiger partial charge in [0.1, 0.15) is 22.1 Å². The summed E-state index contributed by atoms with van der Waals surface area (Å²) >= 11 is 0.365. The van der Waals surface area contributed by atoms with E-state index in [-0.39, 0.29) is 64.1 Å². The number of halogens is 6. The number of carbonyl (C=O) groups is 3. The molecule has 57 heavy (non-hydrogen) atoms. The highest BCUT2D eigenvalue weighted by Gasteiger charge is 2.57. The maximum Gasteiger partial charge on any atom is 0.425 e. The van der Waals surface area contributed by atoms with Crippen LogP contribution in [-0.2, 0) is 27.5 Å². The van der Waals surface area contributed by atoms with E-state index in [1.165, 1.54) is 4.90 Å². The molecule has 2 atom stereocenters. The van der Waals surface area contributed by atoms with Crippen molar-refractivity contribution in [2.45, 2.75) is 107 Å². The Kier molecular flexibility index (Phi) is 12.2. The van der Waals surface area contributed by atoms with Crippen molar-refractivity contribution in [3.05, 3.63) is 75.7 Å². The van der Waals surface area contributed by atoms with Crippen LogP contribution in [0.5, 0.6) is 11.5 Å². The van der Waals surface area contributed by atoms with Gasteiger partial charge in [-0.1, -0.05) is 38.0 Å². The minimum Gasteiger partial charge on any atom is -0.493 e. The van der Waals surface area contributed by atoms with Crippen molar-refractivity contribution < 1.29 is 60.4 Å². The normalized spacial score (nSPS) is 22.1. The minimum atomic E-state index is -4.92. The number of likely N-dealkylation sites (tertiary alicyclic amines) is 2. The van der Waals surface area contributed by atoms with Gasteiger partial charge >= 0.3 is 18.3 Å². The number of piperidine rings is 2. The lowest BCUT2D eigenvalue weighted by molar-refractivity contribution is -0.163. The molecule has 0 unspecified atom stereocenters. The Morgan fingerprint density at radius 1 is 0.947 bits per heavy atom. The molecule has 1 aliphatic carbocycles. The van der Waals surface area contributed by atoms with Crippen LogP contribution in [0.2, 0.25) is 0 Å². The first-order valence-corrected chi connectivity index (χ1v) is 20.0. The lowest BCUT2D eigenvalue weighted by atomic mass is 9.66. The highest BCUT2D eigenvalue weighted by molar-refractivity contribution is 7.10. The van der Waals surface area contributed by atoms with Crippen LogP contribution in [0.4, 0.5) is 26.3 Å². The number of carboxylic acid groups (broad SMARTS) is 1. The van der Waals surface area contributed by atoms with Crippen LogP contribution >= 0.6 is 11.3 Å². The number of nitrogens with zero attached hydrogens (tertiary/aromatic N) is 3. The molecule has 2 saturated heterocycles. The second-order valence-electron chi connectivity index (χ2n) is 15.2. The second kappa shape index (κ2) is 16.5. The average molecular weight is 826 g/mol. The number of aliphatic hydroxyl groups is 1. The van der Waals surface area contributed by atoms with Gasteiger partial charge in [-0.15, -0.1) is 11.3 Å². The van der Waals surface area contributed by atoms with Gasteiger partial charge in [0.2, 0.25) is 5.60 Å². The zero-order chi connectivity index (χ0) is 41.2. The van der Waals surface area contributed by atoms with Crippen LogP contribution in [0.25, 0.3) is 0 Å². The summed E-state index contributed by atoms with van der Waals surface area (Å²) in [5.41, 5.74) is -5.83. The fraction of sp³-hybridized carbons (Fsp3) is 0.550. The number of thiophene rings is 1. The van der Waals surface area contributed by atoms with Gasteiger partial charge in [-0.05, 0) is 69.6 Å². The van der Waals surface area contributed by atoms with Crippen LogP contribution in [-0.4, -0.2) is 80.7 Å². The van der Waals surface area contributed by atoms with Crippen LogP contribution in [0.15, 0.2) is 54.0 Å². The fourth-order valence-corrected chi connectivity index (χ4v) is 9.11. The lowest BCUT2D eigenvalue weighted by Crippen LogP contribution is -2.68. The van der Waals surface area contributed by atoms with Crippen molar-refractivity contribution in [2.24, 2.45) is 5.41 Å². The van der Waals surface area contributed by atoms with Gasteiger partial charge in [0.05, 0.1) is 29.2 Å². The van der Waals surface area contributed by atoms with E-state index < -0.39 is 68.9 Å². The van der Waals surface area contributed by atoms with E-state index >= 15 is 0 Å². The molecule has 2 aromatic heterocycles. The number of aromatic nitrogens is 1. The zero-order valence-corrected chi connectivity index (χ0v) is 32.1. The SMILES string of the molecule is CCC[C@H]1N(C(=O)c2ncccc2C(F)(F)F)CCC[C@@]1(Oc1csc(C(F)(F)F)c1)C(=O)N1CCC(O)(c2ccccc2OCCCC2(C(=O)O)CCC2)CC1. The Bertz CT molecular complexity index is 1920. The molecule has 0 radical (unpaired) electrons. The second-order valence-corrected chi connectivity index (χ2v) is 16.1. The molecule has 0 spiro atoms. The third-order valence-corrected chi connectivity index (χ3v) is 12.6. The number of para-hydroxylation sites is 1. The first kappa shape index (κ1) is 42.2. The number of amides is 2. The van der Waals surface area contributed by atoms with E-state index in [0.29, 0.717) is 54.8 Å². The van der Waals surface area contributed by atoms with Gasteiger partial charge in [0.25, 0.3) is 11.8 Å². The van der Waals surface area contributed by atoms with E-state index in [1.54, 1.807) is 31.2 Å². The van der Waals surface area contributed by atoms with Crippen LogP contribution < -0.4 is 9.47 Å². The Balaban J connectivity index is 1.26. The predicted octanol–water partition coefficient (Wildman–Crippen LogP) is 8.33. The number of hydrogen-bond acceptors (Lipinski definition) is 8. The largest absolute Gasteiger partial charge is 0.493 e. The topological polar surface area (TPSA) is 130 Å². The monoisotopic (exact) mass is 825 g/mol. The molecule has 10 nitrogen and oxygen atoms in total. The quantitative estimate of drug-likeness (QED) is 0.130. The highest BCUT2D eigenvalue weighted by atomic mass is 32.1. The van der Waals surface area contributed by atoms with Crippen molar-refractivity contribution in [1.29, 1.82) is 0 Å². The molecular formula is C40H45F6N3O7S. The first-order valence-electron chi connectivity index (χ1n) is 19.1. The molecule has 3 aliphatic rings. The van der Waals surface area contributed by atoms with Gasteiger partial charge in [-0.3, -0.25) is 19.4 Å². The first-order chi connectivity index (χ1) is 26.9. The van der Waals surface area contributed by atoms with Crippen molar-refractivity contribution in [3.63, 3.8) is 0 Å². The Morgan fingerprint density at radius 2 is 1.67 bits per heavy atom. The number of benzene rings is 1. The molecule has 1 aromatic carbocycles. The van der Waals surface area contributed by atoms with E-state index in [2.05, 4.69) is 4.98 Å². The van der Waals surface area contributed by atoms with E-state index in [0.717, 1.165) is 41.1 Å². The molecule has 2 amide bonds. The lowest BCUT2D eigenvalue weighted by Gasteiger charge is -2.51. The molecule has 6 rings (SSSR count). The number of rotatable bonds is 13. The number of carbonyl (C=O) groups excluding carboxylic acids is 2. The van der Waals surface area contributed by atoms with Crippen LogP contribution in [0.1, 0.15) is 104 Å². The molecule has 1 saturated carbocycles. The number of carboxylic acids is 1. The molecule has 2 aliphatic heterocycles. The summed E-state index contributed by atoms with van der Waals surface area (Å²) < 4.78 is 95.7. The standard InChI is InChI=1S/C40H45F6N3O7S/c1-2-9-30-38(56-26-24-31(57-25-26)40(44,45)46,16-7-20-49(30)33(50)32-28(39(41,42)43)11-5-19-47-32)34(51)48-21-17-37(54,18-22-48)27-10-3-4-12-29(27)55-23-8-15-36(35(52)53)13-6-14-36/h3-5,10-12,19,24-25,30,54H,2,6-9,13-18,20-23H2,1H3,(H,52,53)/t30-,38+/m1/s1. The third kappa shape index (κ3) is 8.59. The van der Waals surface area contributed by atoms with Gasteiger partial charge in [-0.2, -0.15) is 26.3 Å². The number of alkyl halides is 6. The number of aliphatic carboxylic acids is 1. The molecule has 3 aromatic rings. The number of ether oxygens (including phenoxy) is 2. The summed E-state index contributed by atoms with van der Waals surface area (Å²) in [5, 5.41) is 22.8. The Morgan fingerprint density at radius 3 is 2.28 bits per heavy atom. The smallest absolute Gasteiger partial charge is 0.425 e. The molecule has 0 bridgehead atoms. The zero-order valence-electron chi connectivity index (χ0n) is 31.3. The third-order valence-electron chi connectivity index (χ3n) is 11.6. The van der Waals surface area contributed by atoms with Crippen molar-refractivity contribution in [3.8, 4) is 11.5 Å². The molecule has 3 fully saturated rings. The van der Waals surface area contributed by atoms with Gasteiger partial charge in [0.15, 0.2) is 0 Å². The predicted molar refractivity (Wildman–Crippen MR) is 196 cm³/mol. The van der Waals surface area contributed by atoms with Crippen LogP contribution in [0, 0.1) is 5.41 Å². The summed E-state index contributed by atoms with van der Waals surface area (Å²) in [7, 11) is 0. The maximum atomic E-state index is 14.9. The van der Waals surface area contributed by atoms with Gasteiger partial charge in [0, 0.05) is 49.3 Å². The molecule has 2 N–H and O–H groups in total. The van der Waals surface area contributed by atoms with Crippen LogP contribution in [0.3, 0.4) is 0 Å². The minimum absolute atomic E-state index is 0.0258. The van der Waals surface area contributed by atoms with E-state index in [9.17, 15) is 50.9 Å². The molecule has 4 heterocycles. The Labute approximate surface area is 329 Å². The fourth-order valence-electron chi connectivity index (χ4n) is 8.44. The van der Waals surface area contributed by atoms with Gasteiger partial charge in [-0.25, -0.2) is 0 Å². The highest BCUT2D eigenvalue weighted by Crippen LogP contribution is 2.46. The number of pyridine rings is 1. The molecule has 310 valence electrons. The Hall–Kier alpha value is -4.38. The van der Waals surface area contributed by atoms with Gasteiger partial charge < -0.3 is 29.5 Å². The van der Waals surface area contributed by atoms with E-state index in [1.807, 2.05) is 0 Å². The van der Waals surface area contributed by atoms with Crippen molar-refractivity contribution in [2.75, 3.05) is 26.2 Å². The summed E-state index contributed by atoms with van der Waals surface area (Å²) in [6, 6.07) is 8.26. The summed E-state index contributed by atoms with van der Waals surface area (Å²) in [5.74, 6) is -2.41. The summed E-state index contributed by atoms with van der Waals surface area (Å²) in [6.45, 7) is 1.86. The van der Waals surface area contributed by atoms with Crippen molar-refractivity contribution >= 4 is 29.1 Å². The number of hydrogen-bond donors (Lipinski definition) is 2. The molecular weight excluding hydrogens is 781 g/mol. The summed E-state index contributed by atoms with van der Waals surface area (Å²) in [4.78, 5) is 46.2. The maximum absolute atomic E-state index is 14.9. The van der Waals surface area contributed by atoms with E-state index in [4.69, 9.17) is 9.47 Å². The molecule has 17 heteroatoms. The summed E-state index contributed by atoms with van der Waals surface area (Å²) in [6.07, 6.45) is -5.00. The average Bonchev–Trinajstić information content (AvgIpc) is 3.63. The van der Waals surface area contributed by atoms with Crippen molar-refractivity contribution in [1.82, 2.24) is 14.8 Å².